The van der Waals surface area contributed by atoms with Crippen molar-refractivity contribution in [2.75, 3.05) is 19.6 Å². The second-order valence-corrected chi connectivity index (χ2v) is 25.4. The molecular weight excluding hydrogens is 1140 g/mol. The summed E-state index contributed by atoms with van der Waals surface area (Å²) >= 11 is 0. The van der Waals surface area contributed by atoms with E-state index in [1.165, 1.54) is 22.3 Å². The molecular formula is C83H58N6O4. The lowest BCUT2D eigenvalue weighted by atomic mass is 9.82. The van der Waals surface area contributed by atoms with Gasteiger partial charge in [0.05, 0.1) is 44.9 Å². The van der Waals surface area contributed by atoms with E-state index in [2.05, 4.69) is 152 Å². The molecule has 93 heavy (non-hydrogen) atoms. The second-order valence-electron chi connectivity index (χ2n) is 25.4. The van der Waals surface area contributed by atoms with Crippen molar-refractivity contribution in [1.29, 1.82) is 0 Å². The highest BCUT2D eigenvalue weighted by Gasteiger charge is 2.43. The van der Waals surface area contributed by atoms with Gasteiger partial charge in [-0.05, 0) is 208 Å². The quantitative estimate of drug-likeness (QED) is 0.113. The topological polar surface area (TPSA) is 107 Å². The number of fused-ring (bicyclic) bond motifs is 10. The first-order valence-electron chi connectivity index (χ1n) is 31.4. The fraction of sp³-hybridized carbons (Fsp3) is 0.0843. The van der Waals surface area contributed by atoms with Crippen LogP contribution in [0.15, 0.2) is 265 Å². The van der Waals surface area contributed by atoms with E-state index in [-0.39, 0.29) is 39.7 Å². The number of allylic oxidation sites excluding steroid dienone is 6. The number of hydrogen-bond acceptors (Lipinski definition) is 10. The van der Waals surface area contributed by atoms with Crippen LogP contribution in [0.5, 0.6) is 0 Å². The molecule has 5 aliphatic rings. The Kier molecular flexibility index (Phi) is 12.2. The average molecular weight is 1200 g/mol. The predicted octanol–water partition coefficient (Wildman–Crippen LogP) is 19.4. The van der Waals surface area contributed by atoms with Gasteiger partial charge in [0, 0.05) is 39.0 Å². The first kappa shape index (κ1) is 55.2. The Bertz CT molecular complexity index is 5420. The van der Waals surface area contributed by atoms with Gasteiger partial charge in [0.25, 0.3) is 0 Å². The average Bonchev–Trinajstić information content (AvgIpc) is 1.56. The van der Waals surface area contributed by atoms with Crippen LogP contribution in [-0.2, 0) is 5.41 Å². The minimum absolute atomic E-state index is 0.0873. The number of Topliss-reactive ketones (excluding diaryl/α,β-unsaturated/α-hetero) is 4. The van der Waals surface area contributed by atoms with Gasteiger partial charge in [-0.3, -0.25) is 38.8 Å². The van der Waals surface area contributed by atoms with E-state index in [4.69, 9.17) is 9.97 Å². The number of aryl methyl sites for hydroxylation is 4. The minimum Gasteiger partial charge on any atom is -0.294 e. The highest BCUT2D eigenvalue weighted by atomic mass is 16.2. The summed E-state index contributed by atoms with van der Waals surface area (Å²) in [4.78, 5) is 77.9. The molecule has 2 aliphatic heterocycles. The molecule has 0 radical (unpaired) electrons. The van der Waals surface area contributed by atoms with Crippen molar-refractivity contribution in [3.63, 3.8) is 0 Å². The molecule has 11 aromatic carbocycles. The van der Waals surface area contributed by atoms with Crippen LogP contribution in [0.4, 0.5) is 45.8 Å². The summed E-state index contributed by atoms with van der Waals surface area (Å²) in [6, 6.07) is 73.4. The smallest absolute Gasteiger partial charge is 0.197 e. The number of rotatable bonds is 7. The van der Waals surface area contributed by atoms with Crippen LogP contribution in [-0.4, -0.2) is 33.1 Å². The number of aromatic nitrogens is 2. The van der Waals surface area contributed by atoms with Crippen LogP contribution in [0.25, 0.3) is 54.8 Å². The number of carbonyl (C=O) groups excluding carboxylic acids is 4. The molecule has 0 saturated heterocycles. The fourth-order valence-electron chi connectivity index (χ4n) is 14.9. The van der Waals surface area contributed by atoms with Crippen molar-refractivity contribution in [3.05, 3.63) is 321 Å². The van der Waals surface area contributed by atoms with Crippen LogP contribution in [0.3, 0.4) is 0 Å². The van der Waals surface area contributed by atoms with Crippen LogP contribution >= 0.6 is 0 Å². The third-order valence-electron chi connectivity index (χ3n) is 19.4. The lowest BCUT2D eigenvalue weighted by Crippen LogP contribution is -2.24. The summed E-state index contributed by atoms with van der Waals surface area (Å²) in [5, 5.41) is 3.43. The summed E-state index contributed by atoms with van der Waals surface area (Å²) in [5.74, 6) is 1.34. The second kappa shape index (κ2) is 20.6. The van der Waals surface area contributed by atoms with Crippen molar-refractivity contribution in [1.82, 2.24) is 9.97 Å². The van der Waals surface area contributed by atoms with E-state index in [9.17, 15) is 19.2 Å². The number of nitrogens with zero attached hydrogens (tertiary/aromatic N) is 6. The maximum atomic E-state index is 14.9. The molecule has 0 N–H and O–H groups in total. The monoisotopic (exact) mass is 1200 g/mol. The van der Waals surface area contributed by atoms with Crippen LogP contribution in [0.2, 0.25) is 0 Å². The Morgan fingerprint density at radius 1 is 0.333 bits per heavy atom. The number of carbonyl (C=O) groups is 4. The van der Waals surface area contributed by atoms with Gasteiger partial charge >= 0.3 is 0 Å². The van der Waals surface area contributed by atoms with E-state index in [1.54, 1.807) is 12.2 Å². The molecule has 3 heterocycles. The van der Waals surface area contributed by atoms with Gasteiger partial charge in [-0.1, -0.05) is 153 Å². The lowest BCUT2D eigenvalue weighted by Gasteiger charge is -2.28. The molecule has 0 fully saturated rings. The first-order chi connectivity index (χ1) is 45.2. The molecule has 0 atom stereocenters. The maximum Gasteiger partial charge on any atom is 0.197 e. The molecule has 0 spiro atoms. The van der Waals surface area contributed by atoms with Crippen LogP contribution < -0.4 is 19.6 Å². The van der Waals surface area contributed by atoms with E-state index in [0.717, 1.165) is 94.9 Å². The van der Waals surface area contributed by atoms with E-state index in [0.29, 0.717) is 50.7 Å². The fourth-order valence-corrected chi connectivity index (χ4v) is 14.9. The summed E-state index contributed by atoms with van der Waals surface area (Å²) < 4.78 is 0. The Labute approximate surface area is 537 Å². The highest BCUT2D eigenvalue weighted by molar-refractivity contribution is 6.41. The van der Waals surface area contributed by atoms with Gasteiger partial charge in [-0.25, -0.2) is 9.97 Å². The molecule has 12 aromatic rings. The molecule has 0 bridgehead atoms. The van der Waals surface area contributed by atoms with E-state index < -0.39 is 0 Å². The zero-order valence-corrected chi connectivity index (χ0v) is 51.9. The molecule has 3 aliphatic carbocycles. The Balaban J connectivity index is 0.753. The van der Waals surface area contributed by atoms with Crippen molar-refractivity contribution >= 4 is 101 Å². The lowest BCUT2D eigenvalue weighted by molar-refractivity contribution is 0.0973. The van der Waals surface area contributed by atoms with Crippen molar-refractivity contribution in [3.8, 4) is 22.3 Å². The zero-order chi connectivity index (χ0) is 63.3. The number of anilines is 8. The first-order valence-corrected chi connectivity index (χ1v) is 31.4. The molecule has 0 unspecified atom stereocenters. The molecule has 1 aromatic heterocycles. The van der Waals surface area contributed by atoms with Crippen LogP contribution in [0.1, 0.15) is 88.7 Å². The molecule has 0 amide bonds. The maximum absolute atomic E-state index is 14.9. The van der Waals surface area contributed by atoms with Gasteiger partial charge in [-0.2, -0.15) is 0 Å². The van der Waals surface area contributed by atoms with Gasteiger partial charge in [-0.15, -0.1) is 0 Å². The van der Waals surface area contributed by atoms with Crippen molar-refractivity contribution in [2.24, 2.45) is 0 Å². The molecule has 10 heteroatoms. The molecule has 0 saturated carbocycles. The van der Waals surface area contributed by atoms with E-state index >= 15 is 0 Å². The number of hydrogen-bond donors (Lipinski definition) is 0. The van der Waals surface area contributed by atoms with E-state index in [1.807, 2.05) is 140 Å². The largest absolute Gasteiger partial charge is 0.294 e. The van der Waals surface area contributed by atoms with Crippen molar-refractivity contribution in [2.45, 2.75) is 47.0 Å². The SMILES string of the molecule is Cc1cccc(C)c1N1/C(=C/C=C2C(=O)c3cc4ccccc4cc3C2=O)N(c2c(C)cccc2C)c2nc3cc(-c4ccc5cc6c(cc5c4)C(=O)/C(=C\C=C4\N(c5ccccc5)c5cc7c(cc5N4c4ccccc4)C(C)(C)c4ccccc4-7)C6=O)ccc3nc21. The Morgan fingerprint density at radius 2 is 0.763 bits per heavy atom. The summed E-state index contributed by atoms with van der Waals surface area (Å²) in [7, 11) is 0. The number of benzene rings is 11. The third kappa shape index (κ3) is 8.34. The Hall–Kier alpha value is -11.9. The third-order valence-corrected chi connectivity index (χ3v) is 19.4. The van der Waals surface area contributed by atoms with Gasteiger partial charge in [0.2, 0.25) is 0 Å². The number of para-hydroxylation sites is 4. The minimum atomic E-state index is -0.326. The highest BCUT2D eigenvalue weighted by Crippen LogP contribution is 2.58. The van der Waals surface area contributed by atoms with Crippen LogP contribution in [0, 0.1) is 27.7 Å². The Morgan fingerprint density at radius 3 is 1.30 bits per heavy atom. The van der Waals surface area contributed by atoms with Gasteiger partial charge < -0.3 is 0 Å². The zero-order valence-electron chi connectivity index (χ0n) is 51.9. The van der Waals surface area contributed by atoms with Crippen molar-refractivity contribution < 1.29 is 19.2 Å². The summed E-state index contributed by atoms with van der Waals surface area (Å²) in [6.45, 7) is 12.9. The van der Waals surface area contributed by atoms with Gasteiger partial charge in [0.15, 0.2) is 34.8 Å². The summed E-state index contributed by atoms with van der Waals surface area (Å²) in [6.07, 6.45) is 7.17. The predicted molar refractivity (Wildman–Crippen MR) is 373 cm³/mol. The standard InChI is InChI=1S/C83H58N6O4/c1-47-19-17-20-48(2)75(47)88-74(38-35-61-77(90)63-40-51-23-13-14-24-52(51)41-64(63)78(61)91)89(76-49(3)21-18-22-50(76)4)82-81(88)84-69-36-33-55(44-70(69)85-82)53-31-32-54-42-65-66(43-56(54)39-53)80(93)60(79(65)92)34-37-73-86(57-25-9-7-10-26-57)71-45-62-59-29-15-16-30-67(59)83(5,6)68(62)46-72(71)87(73)58-27-11-8-12-28-58/h7-46H,1-6H3/b60-34-,73-37-,74-38-. The normalized spacial score (nSPS) is 16.4. The summed E-state index contributed by atoms with van der Waals surface area (Å²) in [5.41, 5.74) is 19.2. The molecule has 10 nitrogen and oxygen atoms in total. The number of ketones is 4. The molecule has 17 rings (SSSR count). The molecule has 444 valence electrons. The van der Waals surface area contributed by atoms with Gasteiger partial charge in [0.1, 0.15) is 11.6 Å².